The highest BCUT2D eigenvalue weighted by atomic mass is 16.1. The first-order valence-electron chi connectivity index (χ1n) is 10.2. The monoisotopic (exact) mass is 364 g/mol. The van der Waals surface area contributed by atoms with E-state index in [1.807, 2.05) is 12.1 Å². The van der Waals surface area contributed by atoms with Gasteiger partial charge in [-0.3, -0.25) is 4.79 Å². The first-order valence-corrected chi connectivity index (χ1v) is 10.2. The lowest BCUT2D eigenvalue weighted by molar-refractivity contribution is 0.0954. The molecule has 0 aliphatic heterocycles. The molecule has 0 heterocycles. The normalized spacial score (nSPS) is 10.6. The highest BCUT2D eigenvalue weighted by Crippen LogP contribution is 2.10. The van der Waals surface area contributed by atoms with Crippen LogP contribution < -0.4 is 5.32 Å². The van der Waals surface area contributed by atoms with Crippen molar-refractivity contribution in [1.29, 1.82) is 5.41 Å². The lowest BCUT2D eigenvalue weighted by Gasteiger charge is -2.07. The van der Waals surface area contributed by atoms with Crippen LogP contribution in [-0.2, 0) is 19.3 Å². The Labute approximate surface area is 163 Å². The zero-order valence-electron chi connectivity index (χ0n) is 16.5. The predicted molar refractivity (Wildman–Crippen MR) is 114 cm³/mol. The van der Waals surface area contributed by atoms with Crippen molar-refractivity contribution in [2.45, 2.75) is 58.3 Å². The molecule has 0 saturated heterocycles. The summed E-state index contributed by atoms with van der Waals surface area (Å²) < 4.78 is 0. The van der Waals surface area contributed by atoms with Crippen LogP contribution in [0.25, 0.3) is 0 Å². The molecule has 0 unspecified atom stereocenters. The fourth-order valence-electron chi connectivity index (χ4n) is 3.07. The molecule has 0 aliphatic carbocycles. The topological polar surface area (TPSA) is 53.0 Å². The van der Waals surface area contributed by atoms with Crippen molar-refractivity contribution in [2.75, 3.05) is 6.54 Å². The van der Waals surface area contributed by atoms with Crippen LogP contribution in [0.1, 0.15) is 66.1 Å². The van der Waals surface area contributed by atoms with Crippen molar-refractivity contribution in [1.82, 2.24) is 5.32 Å². The maximum atomic E-state index is 12.3. The van der Waals surface area contributed by atoms with Gasteiger partial charge in [0.05, 0.1) is 0 Å². The second kappa shape index (κ2) is 12.1. The van der Waals surface area contributed by atoms with Crippen molar-refractivity contribution in [2.24, 2.45) is 0 Å². The van der Waals surface area contributed by atoms with Gasteiger partial charge in [0.25, 0.3) is 5.91 Å². The zero-order chi connectivity index (χ0) is 19.3. The molecule has 1 amide bonds. The van der Waals surface area contributed by atoms with Gasteiger partial charge in [0.1, 0.15) is 0 Å². The average molecular weight is 365 g/mol. The van der Waals surface area contributed by atoms with Gasteiger partial charge in [-0.15, -0.1) is 0 Å². The fraction of sp³-hybridized carbons (Fsp3) is 0.417. The number of aryl methyl sites for hydroxylation is 2. The van der Waals surface area contributed by atoms with Gasteiger partial charge in [-0.05, 0) is 80.0 Å². The van der Waals surface area contributed by atoms with E-state index in [0.717, 1.165) is 44.1 Å². The van der Waals surface area contributed by atoms with Crippen molar-refractivity contribution in [3.05, 3.63) is 70.8 Å². The summed E-state index contributed by atoms with van der Waals surface area (Å²) in [5.74, 6) is -0.000130. The molecule has 144 valence electrons. The van der Waals surface area contributed by atoms with E-state index in [4.69, 9.17) is 5.41 Å². The summed E-state index contributed by atoms with van der Waals surface area (Å²) >= 11 is 0. The molecule has 2 aromatic rings. The van der Waals surface area contributed by atoms with Crippen molar-refractivity contribution < 1.29 is 4.79 Å². The Bertz CT molecular complexity index is 689. The van der Waals surface area contributed by atoms with Gasteiger partial charge in [-0.25, -0.2) is 0 Å². The Hall–Kier alpha value is -2.42. The van der Waals surface area contributed by atoms with Gasteiger partial charge in [0.2, 0.25) is 0 Å². The van der Waals surface area contributed by atoms with Crippen LogP contribution in [0.15, 0.2) is 48.5 Å². The molecule has 3 heteroatoms. The molecule has 0 bridgehead atoms. The minimum Gasteiger partial charge on any atom is -0.352 e. The largest absolute Gasteiger partial charge is 0.352 e. The minimum absolute atomic E-state index is 0.000130. The molecule has 0 aromatic heterocycles. The van der Waals surface area contributed by atoms with Gasteiger partial charge in [-0.2, -0.15) is 0 Å². The van der Waals surface area contributed by atoms with Gasteiger partial charge < -0.3 is 10.7 Å². The van der Waals surface area contributed by atoms with E-state index in [2.05, 4.69) is 48.6 Å². The van der Waals surface area contributed by atoms with Gasteiger partial charge in [-0.1, -0.05) is 49.7 Å². The van der Waals surface area contributed by atoms with Crippen molar-refractivity contribution >= 4 is 12.1 Å². The average Bonchev–Trinajstić information content (AvgIpc) is 2.71. The molecule has 0 aliphatic rings. The maximum Gasteiger partial charge on any atom is 0.251 e. The molecule has 0 atom stereocenters. The van der Waals surface area contributed by atoms with E-state index in [1.165, 1.54) is 35.7 Å². The van der Waals surface area contributed by atoms with Gasteiger partial charge in [0, 0.05) is 12.1 Å². The van der Waals surface area contributed by atoms with Gasteiger partial charge >= 0.3 is 0 Å². The van der Waals surface area contributed by atoms with Crippen LogP contribution in [0, 0.1) is 5.41 Å². The summed E-state index contributed by atoms with van der Waals surface area (Å²) in [6.45, 7) is 2.84. The summed E-state index contributed by atoms with van der Waals surface area (Å²) in [6, 6.07) is 16.6. The number of carbonyl (C=O) groups is 1. The lowest BCUT2D eigenvalue weighted by atomic mass is 10.0. The number of amides is 1. The van der Waals surface area contributed by atoms with E-state index < -0.39 is 0 Å². The molecule has 0 radical (unpaired) electrons. The standard InChI is InChI=1S/C24H32N2O/c1-2-3-7-20-13-15-23(16-14-20)24(27)26-19-17-22-11-9-21(10-12-22)8-5-4-6-18-25/h9-16,18,25H,2-8,17,19H2,1H3,(H,26,27). The number of nitrogens with one attached hydrogen (secondary N) is 2. The maximum absolute atomic E-state index is 12.3. The SMILES string of the molecule is CCCCc1ccc(C(=O)NCCc2ccc(CCCCC=N)cc2)cc1. The molecule has 0 saturated carbocycles. The molecule has 2 N–H and O–H groups in total. The highest BCUT2D eigenvalue weighted by Gasteiger charge is 2.05. The molecule has 2 rings (SSSR count). The first kappa shape index (κ1) is 20.9. The summed E-state index contributed by atoms with van der Waals surface area (Å²) in [5, 5.41) is 10.1. The molecule has 2 aromatic carbocycles. The number of benzene rings is 2. The quantitative estimate of drug-likeness (QED) is 0.386. The zero-order valence-corrected chi connectivity index (χ0v) is 16.5. The Morgan fingerprint density at radius 1 is 0.852 bits per heavy atom. The summed E-state index contributed by atoms with van der Waals surface area (Å²) in [7, 11) is 0. The van der Waals surface area contributed by atoms with E-state index >= 15 is 0 Å². The number of unbranched alkanes of at least 4 members (excludes halogenated alkanes) is 3. The van der Waals surface area contributed by atoms with Crippen LogP contribution in [0.3, 0.4) is 0 Å². The fourth-order valence-corrected chi connectivity index (χ4v) is 3.07. The second-order valence-electron chi connectivity index (χ2n) is 7.07. The van der Waals surface area contributed by atoms with Crippen LogP contribution in [0.4, 0.5) is 0 Å². The smallest absolute Gasteiger partial charge is 0.251 e. The van der Waals surface area contributed by atoms with Crippen molar-refractivity contribution in [3.8, 4) is 0 Å². The number of hydrogen-bond donors (Lipinski definition) is 2. The molecule has 3 nitrogen and oxygen atoms in total. The van der Waals surface area contributed by atoms with E-state index in [9.17, 15) is 4.79 Å². The van der Waals surface area contributed by atoms with Crippen molar-refractivity contribution in [3.63, 3.8) is 0 Å². The van der Waals surface area contributed by atoms with E-state index in [0.29, 0.717) is 6.54 Å². The minimum atomic E-state index is -0.000130. The molecular formula is C24H32N2O. The lowest BCUT2D eigenvalue weighted by Crippen LogP contribution is -2.25. The molecule has 0 fully saturated rings. The third-order valence-electron chi connectivity index (χ3n) is 4.82. The Balaban J connectivity index is 1.72. The van der Waals surface area contributed by atoms with Gasteiger partial charge in [0.15, 0.2) is 0 Å². The van der Waals surface area contributed by atoms with Crippen LogP contribution in [-0.4, -0.2) is 18.7 Å². The second-order valence-corrected chi connectivity index (χ2v) is 7.07. The predicted octanol–water partition coefficient (Wildman–Crippen LogP) is 5.36. The summed E-state index contributed by atoms with van der Waals surface area (Å²) in [4.78, 5) is 12.3. The van der Waals surface area contributed by atoms with Crippen LogP contribution >= 0.6 is 0 Å². The highest BCUT2D eigenvalue weighted by molar-refractivity contribution is 5.94. The number of hydrogen-bond acceptors (Lipinski definition) is 2. The third-order valence-corrected chi connectivity index (χ3v) is 4.82. The Kier molecular flexibility index (Phi) is 9.33. The van der Waals surface area contributed by atoms with E-state index in [1.54, 1.807) is 0 Å². The Morgan fingerprint density at radius 2 is 1.41 bits per heavy atom. The number of rotatable bonds is 12. The van der Waals surface area contributed by atoms with Crippen LogP contribution in [0.5, 0.6) is 0 Å². The summed E-state index contributed by atoms with van der Waals surface area (Å²) in [5.41, 5.74) is 4.62. The molecule has 0 spiro atoms. The van der Waals surface area contributed by atoms with Crippen LogP contribution in [0.2, 0.25) is 0 Å². The molecular weight excluding hydrogens is 332 g/mol. The Morgan fingerprint density at radius 3 is 2.00 bits per heavy atom. The molecule has 27 heavy (non-hydrogen) atoms. The third kappa shape index (κ3) is 7.78. The van der Waals surface area contributed by atoms with E-state index in [-0.39, 0.29) is 5.91 Å². The first-order chi connectivity index (χ1) is 13.2. The number of carbonyl (C=O) groups excluding carboxylic acids is 1. The summed E-state index contributed by atoms with van der Waals surface area (Å²) in [6.07, 6.45) is 9.93.